The number of nitrogens with zero attached hydrogens (tertiary/aromatic N) is 1. The molecular formula is C14H24ClN3O4S. The van der Waals surface area contributed by atoms with Crippen molar-refractivity contribution >= 4 is 28.1 Å². The van der Waals surface area contributed by atoms with Crippen LogP contribution in [0.15, 0.2) is 23.1 Å². The topological polar surface area (TPSA) is 115 Å². The Balaban J connectivity index is 0.00000484. The summed E-state index contributed by atoms with van der Waals surface area (Å²) >= 11 is 0. The summed E-state index contributed by atoms with van der Waals surface area (Å²) in [6.07, 6.45) is 0.566. The number of nitrogens with one attached hydrogen (secondary N) is 1. The molecule has 0 saturated carbocycles. The molecule has 0 aromatic heterocycles. The summed E-state index contributed by atoms with van der Waals surface area (Å²) in [6, 6.07) is 3.78. The summed E-state index contributed by atoms with van der Waals surface area (Å²) in [6.45, 7) is 7.41. The fraction of sp³-hybridized carbons (Fsp3) is 0.571. The van der Waals surface area contributed by atoms with Gasteiger partial charge in [-0.15, -0.1) is 12.4 Å². The van der Waals surface area contributed by atoms with Gasteiger partial charge in [-0.3, -0.25) is 10.1 Å². The van der Waals surface area contributed by atoms with E-state index in [0.29, 0.717) is 12.0 Å². The van der Waals surface area contributed by atoms with Crippen molar-refractivity contribution in [1.82, 2.24) is 4.72 Å². The molecule has 0 radical (unpaired) electrons. The van der Waals surface area contributed by atoms with Crippen LogP contribution in [0.1, 0.15) is 32.8 Å². The van der Waals surface area contributed by atoms with Gasteiger partial charge in [-0.25, -0.2) is 13.1 Å². The molecule has 0 heterocycles. The molecule has 3 N–H and O–H groups in total. The average molecular weight is 366 g/mol. The Morgan fingerprint density at radius 2 is 1.96 bits per heavy atom. The zero-order valence-electron chi connectivity index (χ0n) is 13.7. The fourth-order valence-electron chi connectivity index (χ4n) is 2.44. The largest absolute Gasteiger partial charge is 0.329 e. The summed E-state index contributed by atoms with van der Waals surface area (Å²) in [5.41, 5.74) is 5.11. The molecular weight excluding hydrogens is 342 g/mol. The van der Waals surface area contributed by atoms with E-state index in [0.717, 1.165) is 6.07 Å². The number of nitro groups is 1. The van der Waals surface area contributed by atoms with Gasteiger partial charge in [0, 0.05) is 24.2 Å². The van der Waals surface area contributed by atoms with Crippen LogP contribution in [-0.4, -0.2) is 25.4 Å². The van der Waals surface area contributed by atoms with Gasteiger partial charge < -0.3 is 5.73 Å². The predicted molar refractivity (Wildman–Crippen MR) is 92.3 cm³/mol. The molecule has 9 heteroatoms. The van der Waals surface area contributed by atoms with E-state index < -0.39 is 20.5 Å². The van der Waals surface area contributed by atoms with Crippen molar-refractivity contribution in [3.8, 4) is 0 Å². The number of nitro benzene ring substituents is 1. The van der Waals surface area contributed by atoms with Gasteiger partial charge in [0.1, 0.15) is 0 Å². The van der Waals surface area contributed by atoms with Gasteiger partial charge in [0.2, 0.25) is 10.0 Å². The quantitative estimate of drug-likeness (QED) is 0.568. The first kappa shape index (κ1) is 21.8. The molecule has 0 spiro atoms. The molecule has 0 saturated heterocycles. The SMILES string of the molecule is Cc1ccc([N+](=O)[O-])cc1S(=O)(=O)NC(C)(CN)CC(C)C.Cl. The smallest absolute Gasteiger partial charge is 0.270 e. The number of hydrogen-bond acceptors (Lipinski definition) is 5. The van der Waals surface area contributed by atoms with Crippen LogP contribution in [0.2, 0.25) is 0 Å². The number of hydrogen-bond donors (Lipinski definition) is 2. The summed E-state index contributed by atoms with van der Waals surface area (Å²) in [5, 5.41) is 10.8. The first-order valence-corrected chi connectivity index (χ1v) is 8.48. The van der Waals surface area contributed by atoms with Crippen LogP contribution < -0.4 is 10.5 Å². The van der Waals surface area contributed by atoms with Crippen molar-refractivity contribution in [2.45, 2.75) is 44.6 Å². The molecule has 0 aliphatic heterocycles. The standard InChI is InChI=1S/C14H23N3O4S.ClH/c1-10(2)8-14(4,9-15)16-22(20,21)13-7-12(17(18)19)6-5-11(13)3;/h5-7,10,16H,8-9,15H2,1-4H3;1H. The third kappa shape index (κ3) is 5.72. The van der Waals surface area contributed by atoms with E-state index in [9.17, 15) is 18.5 Å². The second-order valence-electron chi connectivity index (χ2n) is 6.18. The van der Waals surface area contributed by atoms with E-state index in [2.05, 4.69) is 4.72 Å². The molecule has 1 unspecified atom stereocenters. The van der Waals surface area contributed by atoms with Gasteiger partial charge >= 0.3 is 0 Å². The number of sulfonamides is 1. The lowest BCUT2D eigenvalue weighted by atomic mass is 9.92. The summed E-state index contributed by atoms with van der Waals surface area (Å²) < 4.78 is 27.8. The minimum Gasteiger partial charge on any atom is -0.329 e. The van der Waals surface area contributed by atoms with E-state index in [1.54, 1.807) is 13.8 Å². The highest BCUT2D eigenvalue weighted by Gasteiger charge is 2.31. The van der Waals surface area contributed by atoms with E-state index in [1.165, 1.54) is 12.1 Å². The lowest BCUT2D eigenvalue weighted by Gasteiger charge is -2.31. The van der Waals surface area contributed by atoms with Crippen molar-refractivity contribution in [2.24, 2.45) is 11.7 Å². The second-order valence-corrected chi connectivity index (χ2v) is 7.83. The van der Waals surface area contributed by atoms with Crippen LogP contribution >= 0.6 is 12.4 Å². The Kier molecular flexibility index (Phi) is 7.62. The molecule has 1 aromatic rings. The van der Waals surface area contributed by atoms with Crippen LogP contribution in [0, 0.1) is 23.0 Å². The highest BCUT2D eigenvalue weighted by atomic mass is 35.5. The van der Waals surface area contributed by atoms with Crippen molar-refractivity contribution in [3.63, 3.8) is 0 Å². The number of halogens is 1. The molecule has 0 fully saturated rings. The second kappa shape index (κ2) is 8.05. The van der Waals surface area contributed by atoms with E-state index >= 15 is 0 Å². The van der Waals surface area contributed by atoms with Crippen LogP contribution in [0.3, 0.4) is 0 Å². The summed E-state index contributed by atoms with van der Waals surface area (Å²) in [5.74, 6) is 0.252. The zero-order chi connectivity index (χ0) is 17.1. The highest BCUT2D eigenvalue weighted by molar-refractivity contribution is 7.89. The minimum absolute atomic E-state index is 0. The number of aryl methyl sites for hydroxylation is 1. The molecule has 132 valence electrons. The summed E-state index contributed by atoms with van der Waals surface area (Å²) in [7, 11) is -3.90. The maximum absolute atomic E-state index is 12.6. The van der Waals surface area contributed by atoms with Crippen LogP contribution in [0.4, 0.5) is 5.69 Å². The Bertz CT molecular complexity index is 664. The van der Waals surface area contributed by atoms with Gasteiger partial charge in [0.15, 0.2) is 0 Å². The van der Waals surface area contributed by atoms with Crippen LogP contribution in [0.5, 0.6) is 0 Å². The molecule has 7 nitrogen and oxygen atoms in total. The Hall–Kier alpha value is -1.22. The normalized spacial score (nSPS) is 14.2. The fourth-order valence-corrected chi connectivity index (χ4v) is 4.13. The molecule has 23 heavy (non-hydrogen) atoms. The molecule has 1 rings (SSSR count). The molecule has 0 bridgehead atoms. The number of rotatable bonds is 7. The first-order chi connectivity index (χ1) is 10.0. The van der Waals surface area contributed by atoms with Crippen molar-refractivity contribution in [2.75, 3.05) is 6.54 Å². The predicted octanol–water partition coefficient (Wildman–Crippen LogP) is 2.37. The average Bonchev–Trinajstić information content (AvgIpc) is 2.36. The third-order valence-corrected chi connectivity index (χ3v) is 5.14. The maximum atomic E-state index is 12.6. The molecule has 0 aliphatic rings. The van der Waals surface area contributed by atoms with E-state index in [-0.39, 0.29) is 35.5 Å². The van der Waals surface area contributed by atoms with Gasteiger partial charge in [0.05, 0.1) is 9.82 Å². The van der Waals surface area contributed by atoms with E-state index in [4.69, 9.17) is 5.73 Å². The zero-order valence-corrected chi connectivity index (χ0v) is 15.3. The lowest BCUT2D eigenvalue weighted by molar-refractivity contribution is -0.385. The van der Waals surface area contributed by atoms with Gasteiger partial charge in [0.25, 0.3) is 5.69 Å². The monoisotopic (exact) mass is 365 g/mol. The Labute approximate surface area is 143 Å². The lowest BCUT2D eigenvalue weighted by Crippen LogP contribution is -2.52. The van der Waals surface area contributed by atoms with Crippen LogP contribution in [0.25, 0.3) is 0 Å². The first-order valence-electron chi connectivity index (χ1n) is 7.00. The Morgan fingerprint density at radius 3 is 2.39 bits per heavy atom. The van der Waals surface area contributed by atoms with Crippen molar-refractivity contribution in [1.29, 1.82) is 0 Å². The summed E-state index contributed by atoms with van der Waals surface area (Å²) in [4.78, 5) is 10.1. The molecule has 0 amide bonds. The molecule has 1 aromatic carbocycles. The third-order valence-electron chi connectivity index (χ3n) is 3.36. The van der Waals surface area contributed by atoms with Gasteiger partial charge in [-0.1, -0.05) is 19.9 Å². The van der Waals surface area contributed by atoms with E-state index in [1.807, 2.05) is 13.8 Å². The number of benzene rings is 1. The maximum Gasteiger partial charge on any atom is 0.270 e. The number of nitrogens with two attached hydrogens (primary N) is 1. The number of non-ortho nitro benzene ring substituents is 1. The highest BCUT2D eigenvalue weighted by Crippen LogP contribution is 2.24. The minimum atomic E-state index is -3.90. The van der Waals surface area contributed by atoms with Crippen molar-refractivity contribution in [3.05, 3.63) is 33.9 Å². The van der Waals surface area contributed by atoms with Crippen molar-refractivity contribution < 1.29 is 13.3 Å². The Morgan fingerprint density at radius 1 is 1.39 bits per heavy atom. The molecule has 1 atom stereocenters. The van der Waals surface area contributed by atoms with Gasteiger partial charge in [-0.2, -0.15) is 0 Å². The van der Waals surface area contributed by atoms with Crippen LogP contribution in [-0.2, 0) is 10.0 Å². The van der Waals surface area contributed by atoms with Gasteiger partial charge in [-0.05, 0) is 31.7 Å². The molecule has 0 aliphatic carbocycles.